The van der Waals surface area contributed by atoms with Gasteiger partial charge in [-0.2, -0.15) is 5.10 Å². The van der Waals surface area contributed by atoms with E-state index in [1.54, 1.807) is 0 Å². The van der Waals surface area contributed by atoms with Crippen molar-refractivity contribution in [3.63, 3.8) is 0 Å². The summed E-state index contributed by atoms with van der Waals surface area (Å²) in [7, 11) is 0. The van der Waals surface area contributed by atoms with Gasteiger partial charge in [-0.1, -0.05) is 32.1 Å². The molecule has 0 amide bonds. The minimum absolute atomic E-state index is 0.680. The molecular weight excluding hydrogens is 208 g/mol. The molecule has 0 aromatic carbocycles. The first-order chi connectivity index (χ1) is 8.42. The van der Waals surface area contributed by atoms with E-state index in [1.807, 2.05) is 0 Å². The van der Waals surface area contributed by atoms with Gasteiger partial charge >= 0.3 is 0 Å². The fraction of sp³-hybridized carbons (Fsp3) is 0.933. The molecule has 0 heterocycles. The lowest BCUT2D eigenvalue weighted by molar-refractivity contribution is 0.277. The Kier molecular flexibility index (Phi) is 3.68. The van der Waals surface area contributed by atoms with Crippen molar-refractivity contribution in [3.8, 4) is 0 Å². The first-order valence-corrected chi connectivity index (χ1v) is 7.73. The van der Waals surface area contributed by atoms with Crippen molar-refractivity contribution in [2.24, 2.45) is 16.9 Å². The van der Waals surface area contributed by atoms with Crippen molar-refractivity contribution in [1.82, 2.24) is 5.43 Å². The van der Waals surface area contributed by atoms with Gasteiger partial charge < -0.3 is 5.43 Å². The molecule has 0 radical (unpaired) electrons. The summed E-state index contributed by atoms with van der Waals surface area (Å²) in [5.41, 5.74) is 4.94. The third kappa shape index (κ3) is 2.83. The Labute approximate surface area is 105 Å². The third-order valence-electron chi connectivity index (χ3n) is 5.07. The molecule has 17 heavy (non-hydrogen) atoms. The van der Waals surface area contributed by atoms with Crippen LogP contribution in [-0.2, 0) is 0 Å². The molecule has 0 aliphatic heterocycles. The van der Waals surface area contributed by atoms with Crippen molar-refractivity contribution in [2.75, 3.05) is 0 Å². The highest BCUT2D eigenvalue weighted by Gasteiger charge is 2.33. The Hall–Kier alpha value is -0.530. The zero-order chi connectivity index (χ0) is 11.5. The average molecular weight is 234 g/mol. The number of hydrazone groups is 1. The van der Waals surface area contributed by atoms with Crippen LogP contribution in [0.25, 0.3) is 0 Å². The lowest BCUT2D eigenvalue weighted by Gasteiger charge is -2.23. The van der Waals surface area contributed by atoms with Crippen molar-refractivity contribution >= 4 is 5.71 Å². The van der Waals surface area contributed by atoms with E-state index in [0.29, 0.717) is 6.04 Å². The second kappa shape index (κ2) is 5.41. The highest BCUT2D eigenvalue weighted by atomic mass is 15.3. The Bertz CT molecular complexity index is 263. The molecule has 0 aromatic heterocycles. The minimum Gasteiger partial charge on any atom is -0.307 e. The predicted molar refractivity (Wildman–Crippen MR) is 72.1 cm³/mol. The summed E-state index contributed by atoms with van der Waals surface area (Å²) >= 11 is 0. The van der Waals surface area contributed by atoms with Crippen LogP contribution in [0.4, 0.5) is 0 Å². The van der Waals surface area contributed by atoms with Crippen molar-refractivity contribution < 1.29 is 0 Å². The SMILES string of the molecule is C1CCC(NN=C2CC3CCCCC3C2)CC1. The summed E-state index contributed by atoms with van der Waals surface area (Å²) in [4.78, 5) is 0. The maximum Gasteiger partial charge on any atom is 0.0440 e. The lowest BCUT2D eigenvalue weighted by Crippen LogP contribution is -2.27. The largest absolute Gasteiger partial charge is 0.307 e. The Morgan fingerprint density at radius 3 is 2.00 bits per heavy atom. The van der Waals surface area contributed by atoms with Gasteiger partial charge in [0.25, 0.3) is 0 Å². The molecule has 2 nitrogen and oxygen atoms in total. The molecule has 0 spiro atoms. The molecule has 0 bridgehead atoms. The van der Waals surface area contributed by atoms with Crippen LogP contribution in [0.15, 0.2) is 5.10 Å². The van der Waals surface area contributed by atoms with E-state index in [4.69, 9.17) is 5.10 Å². The maximum absolute atomic E-state index is 4.74. The van der Waals surface area contributed by atoms with Gasteiger partial charge in [-0.15, -0.1) is 0 Å². The van der Waals surface area contributed by atoms with Crippen LogP contribution in [0.3, 0.4) is 0 Å². The third-order valence-corrected chi connectivity index (χ3v) is 5.07. The Morgan fingerprint density at radius 2 is 1.35 bits per heavy atom. The first kappa shape index (κ1) is 11.6. The average Bonchev–Trinajstić information content (AvgIpc) is 2.80. The van der Waals surface area contributed by atoms with E-state index >= 15 is 0 Å². The van der Waals surface area contributed by atoms with Gasteiger partial charge in [-0.05, 0) is 50.4 Å². The van der Waals surface area contributed by atoms with Crippen LogP contribution >= 0.6 is 0 Å². The summed E-state index contributed by atoms with van der Waals surface area (Å²) in [5.74, 6) is 1.96. The van der Waals surface area contributed by atoms with E-state index < -0.39 is 0 Å². The van der Waals surface area contributed by atoms with Crippen LogP contribution in [0.5, 0.6) is 0 Å². The van der Waals surface area contributed by atoms with E-state index in [9.17, 15) is 0 Å². The molecule has 96 valence electrons. The van der Waals surface area contributed by atoms with Crippen molar-refractivity contribution in [2.45, 2.75) is 76.7 Å². The molecule has 0 aromatic rings. The molecule has 3 saturated carbocycles. The van der Waals surface area contributed by atoms with E-state index in [0.717, 1.165) is 11.8 Å². The lowest BCUT2D eigenvalue weighted by atomic mass is 9.82. The van der Waals surface area contributed by atoms with Gasteiger partial charge in [-0.3, -0.25) is 0 Å². The van der Waals surface area contributed by atoms with Gasteiger partial charge in [0.1, 0.15) is 0 Å². The van der Waals surface area contributed by atoms with Gasteiger partial charge in [0.2, 0.25) is 0 Å². The predicted octanol–water partition coefficient (Wildman–Crippen LogP) is 3.86. The quantitative estimate of drug-likeness (QED) is 0.721. The molecule has 0 saturated heterocycles. The second-order valence-corrected chi connectivity index (χ2v) is 6.35. The summed E-state index contributed by atoms with van der Waals surface area (Å²) in [6, 6.07) is 0.680. The molecule has 3 rings (SSSR count). The van der Waals surface area contributed by atoms with Gasteiger partial charge in [0, 0.05) is 11.8 Å². The first-order valence-electron chi connectivity index (χ1n) is 7.73. The summed E-state index contributed by atoms with van der Waals surface area (Å²) < 4.78 is 0. The minimum atomic E-state index is 0.680. The fourth-order valence-corrected chi connectivity index (χ4v) is 4.02. The normalized spacial score (nSPS) is 34.5. The number of nitrogens with zero attached hydrogens (tertiary/aromatic N) is 1. The smallest absolute Gasteiger partial charge is 0.0440 e. The molecule has 3 aliphatic carbocycles. The second-order valence-electron chi connectivity index (χ2n) is 6.35. The highest BCUT2D eigenvalue weighted by molar-refractivity contribution is 5.86. The molecule has 2 atom stereocenters. The molecule has 3 aliphatic rings. The zero-order valence-corrected chi connectivity index (χ0v) is 11.0. The van der Waals surface area contributed by atoms with Crippen LogP contribution in [-0.4, -0.2) is 11.8 Å². The summed E-state index contributed by atoms with van der Waals surface area (Å²) in [5, 5.41) is 4.74. The van der Waals surface area contributed by atoms with E-state index in [1.165, 1.54) is 76.3 Å². The number of rotatable bonds is 2. The number of fused-ring (bicyclic) bond motifs is 1. The molecule has 2 unspecified atom stereocenters. The molecule has 3 fully saturated rings. The van der Waals surface area contributed by atoms with Crippen LogP contribution in [0.1, 0.15) is 70.6 Å². The van der Waals surface area contributed by atoms with Crippen LogP contribution < -0.4 is 5.43 Å². The number of nitrogens with one attached hydrogen (secondary N) is 1. The highest BCUT2D eigenvalue weighted by Crippen LogP contribution is 2.40. The molecule has 2 heteroatoms. The van der Waals surface area contributed by atoms with Crippen LogP contribution in [0, 0.1) is 11.8 Å². The topological polar surface area (TPSA) is 24.4 Å². The molecule has 1 N–H and O–H groups in total. The summed E-state index contributed by atoms with van der Waals surface area (Å²) in [6.45, 7) is 0. The van der Waals surface area contributed by atoms with E-state index in [2.05, 4.69) is 5.43 Å². The fourth-order valence-electron chi connectivity index (χ4n) is 4.02. The Morgan fingerprint density at radius 1 is 0.765 bits per heavy atom. The van der Waals surface area contributed by atoms with Gasteiger partial charge in [-0.25, -0.2) is 0 Å². The zero-order valence-electron chi connectivity index (χ0n) is 11.0. The van der Waals surface area contributed by atoms with Crippen molar-refractivity contribution in [1.29, 1.82) is 0 Å². The Balaban J connectivity index is 1.51. The summed E-state index contributed by atoms with van der Waals surface area (Å²) in [6.07, 6.45) is 15.3. The molecular formula is C15H26N2. The van der Waals surface area contributed by atoms with Gasteiger partial charge in [0.15, 0.2) is 0 Å². The standard InChI is InChI=1S/C15H26N2/c1-2-8-14(9-3-1)16-17-15-10-12-6-4-5-7-13(12)11-15/h12-14,16H,1-11H2. The van der Waals surface area contributed by atoms with E-state index in [-0.39, 0.29) is 0 Å². The maximum atomic E-state index is 4.74. The number of hydrogen-bond acceptors (Lipinski definition) is 2. The van der Waals surface area contributed by atoms with Gasteiger partial charge in [0.05, 0.1) is 0 Å². The van der Waals surface area contributed by atoms with Crippen LogP contribution in [0.2, 0.25) is 0 Å². The van der Waals surface area contributed by atoms with Crippen molar-refractivity contribution in [3.05, 3.63) is 0 Å². The monoisotopic (exact) mass is 234 g/mol. The number of hydrogen-bond donors (Lipinski definition) is 1.